The smallest absolute Gasteiger partial charge is 0.0720 e. The number of aliphatic hydroxyl groups is 1. The van der Waals surface area contributed by atoms with Gasteiger partial charge < -0.3 is 9.84 Å². The van der Waals surface area contributed by atoms with Gasteiger partial charge in [0.05, 0.1) is 12.7 Å². The molecular weight excluding hydrogens is 236 g/mol. The number of hydrogen-bond donors (Lipinski definition) is 1. The second-order valence-corrected chi connectivity index (χ2v) is 5.20. The van der Waals surface area contributed by atoms with Gasteiger partial charge in [0.15, 0.2) is 0 Å². The van der Waals surface area contributed by atoms with Gasteiger partial charge in [0, 0.05) is 11.6 Å². The molecule has 0 unspecified atom stereocenters. The van der Waals surface area contributed by atoms with Gasteiger partial charge in [-0.15, -0.1) is 0 Å². The minimum Gasteiger partial charge on any atom is -0.396 e. The minimum atomic E-state index is 0.323. The SMILES string of the molecule is OC[C@H]1CC[C@@H](OCc2ccc(Cl)cc2)CC1. The number of rotatable bonds is 4. The first-order valence-corrected chi connectivity index (χ1v) is 6.62. The van der Waals surface area contributed by atoms with Crippen LogP contribution in [0.1, 0.15) is 31.2 Å². The molecule has 3 heteroatoms. The third-order valence-corrected chi connectivity index (χ3v) is 3.70. The zero-order valence-electron chi connectivity index (χ0n) is 9.94. The van der Waals surface area contributed by atoms with Gasteiger partial charge in [-0.05, 0) is 49.3 Å². The molecule has 0 aromatic heterocycles. The lowest BCUT2D eigenvalue weighted by molar-refractivity contribution is 0.00120. The Labute approximate surface area is 108 Å². The van der Waals surface area contributed by atoms with Crippen LogP contribution in [-0.4, -0.2) is 17.8 Å². The number of benzene rings is 1. The fraction of sp³-hybridized carbons (Fsp3) is 0.571. The predicted octanol–water partition coefficient (Wildman–Crippen LogP) is 3.41. The molecule has 1 aliphatic rings. The normalized spacial score (nSPS) is 24.8. The van der Waals surface area contributed by atoms with Gasteiger partial charge in [0.25, 0.3) is 0 Å². The second kappa shape index (κ2) is 6.39. The Morgan fingerprint density at radius 2 is 1.76 bits per heavy atom. The third kappa shape index (κ3) is 3.98. The molecule has 0 heterocycles. The number of aliphatic hydroxyl groups excluding tert-OH is 1. The third-order valence-electron chi connectivity index (χ3n) is 3.45. The molecule has 1 fully saturated rings. The fourth-order valence-corrected chi connectivity index (χ4v) is 2.40. The van der Waals surface area contributed by atoms with Crippen LogP contribution in [0.15, 0.2) is 24.3 Å². The molecule has 1 aromatic carbocycles. The maximum absolute atomic E-state index is 9.06. The van der Waals surface area contributed by atoms with E-state index in [4.69, 9.17) is 21.4 Å². The molecule has 1 N–H and O–H groups in total. The van der Waals surface area contributed by atoms with Crippen molar-refractivity contribution in [2.24, 2.45) is 5.92 Å². The number of hydrogen-bond acceptors (Lipinski definition) is 2. The van der Waals surface area contributed by atoms with Gasteiger partial charge in [-0.1, -0.05) is 23.7 Å². The van der Waals surface area contributed by atoms with Crippen molar-refractivity contribution in [1.82, 2.24) is 0 Å². The molecule has 17 heavy (non-hydrogen) atoms. The van der Waals surface area contributed by atoms with Gasteiger partial charge in [-0.2, -0.15) is 0 Å². The Balaban J connectivity index is 1.74. The van der Waals surface area contributed by atoms with E-state index in [-0.39, 0.29) is 0 Å². The average Bonchev–Trinajstić information content (AvgIpc) is 2.39. The van der Waals surface area contributed by atoms with Gasteiger partial charge in [-0.3, -0.25) is 0 Å². The van der Waals surface area contributed by atoms with E-state index in [1.165, 1.54) is 5.56 Å². The molecule has 2 rings (SSSR count). The van der Waals surface area contributed by atoms with E-state index in [0.29, 0.717) is 25.2 Å². The van der Waals surface area contributed by atoms with Gasteiger partial charge in [0.2, 0.25) is 0 Å². The number of halogens is 1. The van der Waals surface area contributed by atoms with E-state index in [9.17, 15) is 0 Å². The largest absolute Gasteiger partial charge is 0.396 e. The Morgan fingerprint density at radius 3 is 2.35 bits per heavy atom. The summed E-state index contributed by atoms with van der Waals surface area (Å²) in [6.45, 7) is 0.982. The zero-order chi connectivity index (χ0) is 12.1. The van der Waals surface area contributed by atoms with Crippen LogP contribution in [-0.2, 0) is 11.3 Å². The molecule has 2 nitrogen and oxygen atoms in total. The monoisotopic (exact) mass is 254 g/mol. The highest BCUT2D eigenvalue weighted by molar-refractivity contribution is 6.30. The minimum absolute atomic E-state index is 0.323. The molecule has 0 radical (unpaired) electrons. The first-order valence-electron chi connectivity index (χ1n) is 6.25. The molecule has 0 aliphatic heterocycles. The van der Waals surface area contributed by atoms with Gasteiger partial charge in [0.1, 0.15) is 0 Å². The Hall–Kier alpha value is -0.570. The van der Waals surface area contributed by atoms with E-state index in [1.807, 2.05) is 24.3 Å². The fourth-order valence-electron chi connectivity index (χ4n) is 2.28. The lowest BCUT2D eigenvalue weighted by Crippen LogP contribution is -2.23. The standard InChI is InChI=1S/C14H19ClO2/c15-13-5-1-12(2-6-13)10-17-14-7-3-11(9-16)4-8-14/h1-2,5-6,11,14,16H,3-4,7-10H2/t11-,14+. The highest BCUT2D eigenvalue weighted by atomic mass is 35.5. The summed E-state index contributed by atoms with van der Waals surface area (Å²) in [5, 5.41) is 9.82. The summed E-state index contributed by atoms with van der Waals surface area (Å²) in [6.07, 6.45) is 4.66. The summed E-state index contributed by atoms with van der Waals surface area (Å²) < 4.78 is 5.88. The van der Waals surface area contributed by atoms with E-state index in [1.54, 1.807) is 0 Å². The first-order chi connectivity index (χ1) is 8.28. The van der Waals surface area contributed by atoms with Crippen LogP contribution in [0.2, 0.25) is 5.02 Å². The molecule has 94 valence electrons. The maximum Gasteiger partial charge on any atom is 0.0720 e. The van der Waals surface area contributed by atoms with Gasteiger partial charge >= 0.3 is 0 Å². The van der Waals surface area contributed by atoms with Crippen molar-refractivity contribution in [3.05, 3.63) is 34.9 Å². The lowest BCUT2D eigenvalue weighted by Gasteiger charge is -2.27. The zero-order valence-corrected chi connectivity index (χ0v) is 10.7. The molecule has 1 saturated carbocycles. The van der Waals surface area contributed by atoms with Crippen molar-refractivity contribution in [2.75, 3.05) is 6.61 Å². The Bertz CT molecular complexity index is 329. The molecule has 0 saturated heterocycles. The average molecular weight is 255 g/mol. The molecular formula is C14H19ClO2. The van der Waals surface area contributed by atoms with Crippen LogP contribution in [0.4, 0.5) is 0 Å². The highest BCUT2D eigenvalue weighted by Crippen LogP contribution is 2.26. The maximum atomic E-state index is 9.06. The second-order valence-electron chi connectivity index (χ2n) is 4.76. The summed E-state index contributed by atoms with van der Waals surface area (Å²) >= 11 is 5.83. The van der Waals surface area contributed by atoms with Crippen molar-refractivity contribution in [2.45, 2.75) is 38.4 Å². The molecule has 0 bridgehead atoms. The lowest BCUT2D eigenvalue weighted by atomic mass is 9.88. The number of ether oxygens (including phenoxy) is 1. The van der Waals surface area contributed by atoms with Crippen LogP contribution < -0.4 is 0 Å². The molecule has 1 aliphatic carbocycles. The van der Waals surface area contributed by atoms with E-state index in [0.717, 1.165) is 30.7 Å². The van der Waals surface area contributed by atoms with Crippen molar-refractivity contribution in [1.29, 1.82) is 0 Å². The van der Waals surface area contributed by atoms with Gasteiger partial charge in [-0.25, -0.2) is 0 Å². The highest BCUT2D eigenvalue weighted by Gasteiger charge is 2.20. The topological polar surface area (TPSA) is 29.5 Å². The van der Waals surface area contributed by atoms with Crippen molar-refractivity contribution in [3.63, 3.8) is 0 Å². The van der Waals surface area contributed by atoms with Crippen molar-refractivity contribution in [3.8, 4) is 0 Å². The van der Waals surface area contributed by atoms with E-state index in [2.05, 4.69) is 0 Å². The van der Waals surface area contributed by atoms with Crippen LogP contribution in [0.5, 0.6) is 0 Å². The Morgan fingerprint density at radius 1 is 1.12 bits per heavy atom. The summed E-state index contributed by atoms with van der Waals surface area (Å²) in [5.41, 5.74) is 1.17. The van der Waals surface area contributed by atoms with Crippen LogP contribution in [0.3, 0.4) is 0 Å². The summed E-state index contributed by atoms with van der Waals surface area (Å²) in [5.74, 6) is 0.491. The van der Waals surface area contributed by atoms with Crippen LogP contribution >= 0.6 is 11.6 Å². The molecule has 0 amide bonds. The quantitative estimate of drug-likeness (QED) is 0.892. The van der Waals surface area contributed by atoms with E-state index < -0.39 is 0 Å². The summed E-state index contributed by atoms with van der Waals surface area (Å²) in [6, 6.07) is 7.79. The van der Waals surface area contributed by atoms with Crippen molar-refractivity contribution >= 4 is 11.6 Å². The molecule has 1 aromatic rings. The first kappa shape index (κ1) is 12.9. The van der Waals surface area contributed by atoms with E-state index >= 15 is 0 Å². The predicted molar refractivity (Wildman–Crippen MR) is 69.1 cm³/mol. The van der Waals surface area contributed by atoms with Crippen LogP contribution in [0, 0.1) is 5.92 Å². The van der Waals surface area contributed by atoms with Crippen molar-refractivity contribution < 1.29 is 9.84 Å². The summed E-state index contributed by atoms with van der Waals surface area (Å²) in [7, 11) is 0. The molecule has 0 atom stereocenters. The summed E-state index contributed by atoms with van der Waals surface area (Å²) in [4.78, 5) is 0. The van der Waals surface area contributed by atoms with Crippen LogP contribution in [0.25, 0.3) is 0 Å². The Kier molecular flexibility index (Phi) is 4.84. The molecule has 0 spiro atoms.